The Labute approximate surface area is 149 Å². The molecule has 2 N–H and O–H groups in total. The number of carbonyl (C=O) groups is 1. The minimum absolute atomic E-state index is 0.0139. The van der Waals surface area contributed by atoms with E-state index in [9.17, 15) is 9.18 Å². The molecule has 1 aromatic heterocycles. The maximum atomic E-state index is 13.8. The lowest BCUT2D eigenvalue weighted by atomic mass is 10.0. The van der Waals surface area contributed by atoms with Gasteiger partial charge in [0.25, 0.3) is 5.91 Å². The number of anilines is 1. The van der Waals surface area contributed by atoms with E-state index in [1.54, 1.807) is 12.1 Å². The highest BCUT2D eigenvalue weighted by Gasteiger charge is 2.14. The number of H-pyrrole nitrogens is 1. The number of aromatic amines is 1. The van der Waals surface area contributed by atoms with E-state index >= 15 is 0 Å². The van der Waals surface area contributed by atoms with Gasteiger partial charge in [0.15, 0.2) is 5.82 Å². The molecule has 0 aliphatic heterocycles. The summed E-state index contributed by atoms with van der Waals surface area (Å²) in [5, 5.41) is 10.5. The molecule has 1 amide bonds. The van der Waals surface area contributed by atoms with Gasteiger partial charge in [-0.25, -0.2) is 4.39 Å². The zero-order valence-electron chi connectivity index (χ0n) is 14.1. The number of hydrogen-bond donors (Lipinski definition) is 2. The Hall–Kier alpha value is -3.47. The number of halogens is 1. The second-order valence-electron chi connectivity index (χ2n) is 6.14. The summed E-state index contributed by atoms with van der Waals surface area (Å²) in [6.45, 7) is 2.05. The van der Waals surface area contributed by atoms with E-state index in [1.165, 1.54) is 17.7 Å². The summed E-state index contributed by atoms with van der Waals surface area (Å²) in [5.41, 5.74) is 4.13. The van der Waals surface area contributed by atoms with Crippen molar-refractivity contribution in [3.05, 3.63) is 83.7 Å². The zero-order chi connectivity index (χ0) is 18.1. The van der Waals surface area contributed by atoms with Crippen LogP contribution in [0.5, 0.6) is 0 Å². The van der Waals surface area contributed by atoms with Gasteiger partial charge in [0.05, 0.1) is 11.1 Å². The SMILES string of the molecule is Cc1cccc(-c2ccc3c(NC(=O)c4ccccc4F)n[nH]c3c2)c1. The van der Waals surface area contributed by atoms with Crippen LogP contribution >= 0.6 is 0 Å². The predicted molar refractivity (Wildman–Crippen MR) is 101 cm³/mol. The monoisotopic (exact) mass is 345 g/mol. The van der Waals surface area contributed by atoms with Crippen LogP contribution in [0, 0.1) is 12.7 Å². The molecule has 0 saturated heterocycles. The summed E-state index contributed by atoms with van der Waals surface area (Å²) in [6.07, 6.45) is 0. The van der Waals surface area contributed by atoms with Crippen molar-refractivity contribution in [2.45, 2.75) is 6.92 Å². The fourth-order valence-electron chi connectivity index (χ4n) is 2.94. The number of fused-ring (bicyclic) bond motifs is 1. The highest BCUT2D eigenvalue weighted by molar-refractivity contribution is 6.08. The first-order chi connectivity index (χ1) is 12.6. The summed E-state index contributed by atoms with van der Waals surface area (Å²) in [4.78, 5) is 12.3. The van der Waals surface area contributed by atoms with Gasteiger partial charge in [0.1, 0.15) is 5.82 Å². The van der Waals surface area contributed by atoms with Crippen molar-refractivity contribution in [3.8, 4) is 11.1 Å². The fourth-order valence-corrected chi connectivity index (χ4v) is 2.94. The number of aryl methyl sites for hydroxylation is 1. The molecular weight excluding hydrogens is 329 g/mol. The number of aromatic nitrogens is 2. The molecule has 4 nitrogen and oxygen atoms in total. The standard InChI is InChI=1S/C21H16FN3O/c1-13-5-4-6-14(11-13)15-9-10-17-19(12-15)24-25-20(17)23-21(26)16-7-2-3-8-18(16)22/h2-12H,1H3,(H2,23,24,25,26). The highest BCUT2D eigenvalue weighted by Crippen LogP contribution is 2.27. The van der Waals surface area contributed by atoms with Gasteiger partial charge in [-0.05, 0) is 42.3 Å². The smallest absolute Gasteiger partial charge is 0.259 e. The van der Waals surface area contributed by atoms with E-state index in [2.05, 4.69) is 34.6 Å². The van der Waals surface area contributed by atoms with Crippen LogP contribution in [0.15, 0.2) is 66.7 Å². The summed E-state index contributed by atoms with van der Waals surface area (Å²) < 4.78 is 13.8. The highest BCUT2D eigenvalue weighted by atomic mass is 19.1. The van der Waals surface area contributed by atoms with Gasteiger partial charge in [-0.15, -0.1) is 0 Å². The van der Waals surface area contributed by atoms with Crippen LogP contribution in [-0.2, 0) is 0 Å². The van der Waals surface area contributed by atoms with Crippen molar-refractivity contribution >= 4 is 22.6 Å². The molecule has 1 heterocycles. The molecule has 0 fully saturated rings. The first-order valence-electron chi connectivity index (χ1n) is 8.23. The normalized spacial score (nSPS) is 10.8. The molecule has 0 bridgehead atoms. The number of rotatable bonds is 3. The van der Waals surface area contributed by atoms with Crippen molar-refractivity contribution in [2.75, 3.05) is 5.32 Å². The van der Waals surface area contributed by atoms with E-state index in [0.29, 0.717) is 5.82 Å². The number of nitrogens with one attached hydrogen (secondary N) is 2. The van der Waals surface area contributed by atoms with Crippen LogP contribution in [0.4, 0.5) is 10.2 Å². The van der Waals surface area contributed by atoms with Gasteiger partial charge in [0.2, 0.25) is 0 Å². The topological polar surface area (TPSA) is 57.8 Å². The van der Waals surface area contributed by atoms with E-state index < -0.39 is 11.7 Å². The molecule has 128 valence electrons. The van der Waals surface area contributed by atoms with Crippen LogP contribution in [-0.4, -0.2) is 16.1 Å². The molecule has 0 saturated carbocycles. The van der Waals surface area contributed by atoms with Gasteiger partial charge in [0, 0.05) is 5.39 Å². The summed E-state index contributed by atoms with van der Waals surface area (Å²) in [5.74, 6) is -0.713. The fraction of sp³-hybridized carbons (Fsp3) is 0.0476. The quantitative estimate of drug-likeness (QED) is 0.553. The summed E-state index contributed by atoms with van der Waals surface area (Å²) in [6, 6.07) is 19.9. The number of benzene rings is 3. The average Bonchev–Trinajstić information content (AvgIpc) is 3.04. The number of hydrogen-bond acceptors (Lipinski definition) is 2. The predicted octanol–water partition coefficient (Wildman–Crippen LogP) is 4.93. The molecule has 3 aromatic carbocycles. The van der Waals surface area contributed by atoms with Gasteiger partial charge in [-0.1, -0.05) is 48.0 Å². The Morgan fingerprint density at radius 3 is 2.62 bits per heavy atom. The summed E-state index contributed by atoms with van der Waals surface area (Å²) in [7, 11) is 0. The van der Waals surface area contributed by atoms with Gasteiger partial charge < -0.3 is 5.32 Å². The second kappa shape index (κ2) is 6.44. The molecule has 0 radical (unpaired) electrons. The van der Waals surface area contributed by atoms with Gasteiger partial charge >= 0.3 is 0 Å². The molecule has 5 heteroatoms. The Balaban J connectivity index is 1.66. The first-order valence-corrected chi connectivity index (χ1v) is 8.23. The van der Waals surface area contributed by atoms with Gasteiger partial charge in [-0.3, -0.25) is 9.89 Å². The zero-order valence-corrected chi connectivity index (χ0v) is 14.1. The Morgan fingerprint density at radius 1 is 1.00 bits per heavy atom. The average molecular weight is 345 g/mol. The maximum absolute atomic E-state index is 13.8. The number of amides is 1. The van der Waals surface area contributed by atoms with Crippen molar-refractivity contribution in [1.82, 2.24) is 10.2 Å². The Bertz CT molecular complexity index is 1120. The molecule has 0 aliphatic carbocycles. The molecule has 0 aliphatic rings. The number of carbonyl (C=O) groups excluding carboxylic acids is 1. The molecule has 0 unspecified atom stereocenters. The lowest BCUT2D eigenvalue weighted by molar-refractivity contribution is 0.102. The Morgan fingerprint density at radius 2 is 1.81 bits per heavy atom. The van der Waals surface area contributed by atoms with Crippen LogP contribution < -0.4 is 5.32 Å². The first kappa shape index (κ1) is 16.0. The van der Waals surface area contributed by atoms with Crippen LogP contribution in [0.2, 0.25) is 0 Å². The minimum atomic E-state index is -0.563. The molecule has 0 spiro atoms. The van der Waals surface area contributed by atoms with Crippen molar-refractivity contribution in [3.63, 3.8) is 0 Å². The minimum Gasteiger partial charge on any atom is -0.304 e. The van der Waals surface area contributed by atoms with Gasteiger partial charge in [-0.2, -0.15) is 5.10 Å². The van der Waals surface area contributed by atoms with Crippen molar-refractivity contribution in [1.29, 1.82) is 0 Å². The second-order valence-corrected chi connectivity index (χ2v) is 6.14. The van der Waals surface area contributed by atoms with E-state index in [4.69, 9.17) is 0 Å². The van der Waals surface area contributed by atoms with Crippen molar-refractivity contribution in [2.24, 2.45) is 0 Å². The Kier molecular flexibility index (Phi) is 3.97. The third-order valence-corrected chi connectivity index (χ3v) is 4.26. The third-order valence-electron chi connectivity index (χ3n) is 4.26. The molecule has 4 rings (SSSR count). The molecule has 4 aromatic rings. The number of nitrogens with zero attached hydrogens (tertiary/aromatic N) is 1. The van der Waals surface area contributed by atoms with Crippen molar-refractivity contribution < 1.29 is 9.18 Å². The maximum Gasteiger partial charge on any atom is 0.259 e. The van der Waals surface area contributed by atoms with E-state index in [1.807, 2.05) is 30.3 Å². The van der Waals surface area contributed by atoms with Crippen LogP contribution in [0.25, 0.3) is 22.0 Å². The molecular formula is C21H16FN3O. The molecule has 26 heavy (non-hydrogen) atoms. The van der Waals surface area contributed by atoms with Crippen LogP contribution in [0.3, 0.4) is 0 Å². The lowest BCUT2D eigenvalue weighted by Gasteiger charge is -2.05. The summed E-state index contributed by atoms with van der Waals surface area (Å²) >= 11 is 0. The largest absolute Gasteiger partial charge is 0.304 e. The van der Waals surface area contributed by atoms with Crippen LogP contribution in [0.1, 0.15) is 15.9 Å². The third kappa shape index (κ3) is 2.95. The molecule has 0 atom stereocenters. The lowest BCUT2D eigenvalue weighted by Crippen LogP contribution is -2.14. The van der Waals surface area contributed by atoms with E-state index in [-0.39, 0.29) is 5.56 Å². The van der Waals surface area contributed by atoms with E-state index in [0.717, 1.165) is 22.0 Å².